The number of hydrogen-bond donors (Lipinski definition) is 1. The number of phenols is 1. The van der Waals surface area contributed by atoms with Crippen LogP contribution in [0.2, 0.25) is 5.02 Å². The topological polar surface area (TPSA) is 140 Å². The van der Waals surface area contributed by atoms with Crippen molar-refractivity contribution in [3.8, 4) is 17.2 Å². The highest BCUT2D eigenvalue weighted by Gasteiger charge is 2.68. The second-order valence-corrected chi connectivity index (χ2v) is 11.9. The lowest BCUT2D eigenvalue weighted by molar-refractivity contribution is -0.138. The maximum absolute atomic E-state index is 14.5. The standard InChI is InChI=1S/C31H28ClFN2O9/c1-31-18(27(38)34(29(31)40)14-5-8-20(33)19(32)11-14)12-17-15(24(31)13-9-21(42-2)25(36)22(10-13)43-3)6-7-16-23(17)28(39)35(26(16)37)30(41)44-4/h5-6,8-11,16-18,23-24,36H,7,12H2,1-4H3/t16-,17+,18-,23-,24-,31+/m0/s1. The van der Waals surface area contributed by atoms with E-state index in [9.17, 15) is 33.5 Å². The summed E-state index contributed by atoms with van der Waals surface area (Å²) < 4.78 is 29.5. The van der Waals surface area contributed by atoms with Gasteiger partial charge in [-0.2, -0.15) is 4.90 Å². The van der Waals surface area contributed by atoms with Crippen LogP contribution in [-0.4, -0.2) is 61.1 Å². The molecule has 1 saturated carbocycles. The Hall–Kier alpha value is -4.45. The highest BCUT2D eigenvalue weighted by atomic mass is 35.5. The quantitative estimate of drug-likeness (QED) is 0.391. The molecule has 5 amide bonds. The fraction of sp³-hybridized carbons (Fsp3) is 0.387. The van der Waals surface area contributed by atoms with Gasteiger partial charge in [0.05, 0.1) is 55.2 Å². The molecule has 2 aliphatic carbocycles. The minimum Gasteiger partial charge on any atom is -0.502 e. The number of imide groups is 4. The van der Waals surface area contributed by atoms with Crippen LogP contribution in [-0.2, 0) is 23.9 Å². The Morgan fingerprint density at radius 3 is 2.25 bits per heavy atom. The number of fused-ring (bicyclic) bond motifs is 4. The van der Waals surface area contributed by atoms with E-state index in [0.717, 1.165) is 18.1 Å². The Morgan fingerprint density at radius 1 is 1.00 bits per heavy atom. The Labute approximate surface area is 256 Å². The summed E-state index contributed by atoms with van der Waals surface area (Å²) in [6.45, 7) is 1.66. The molecule has 0 radical (unpaired) electrons. The Balaban J connectivity index is 1.56. The van der Waals surface area contributed by atoms with Crippen LogP contribution in [0.4, 0.5) is 14.9 Å². The van der Waals surface area contributed by atoms with Crippen molar-refractivity contribution in [3.05, 3.63) is 58.4 Å². The molecule has 13 heteroatoms. The fourth-order valence-electron chi connectivity index (χ4n) is 7.62. The second kappa shape index (κ2) is 10.3. The van der Waals surface area contributed by atoms with Crippen LogP contribution in [0.5, 0.6) is 17.2 Å². The minimum absolute atomic E-state index is 0.0242. The van der Waals surface area contributed by atoms with Crippen LogP contribution in [0, 0.1) is 34.9 Å². The molecule has 0 aromatic heterocycles. The van der Waals surface area contributed by atoms with Gasteiger partial charge in [-0.05, 0) is 61.6 Å². The highest BCUT2D eigenvalue weighted by molar-refractivity contribution is 6.31. The van der Waals surface area contributed by atoms with E-state index in [2.05, 4.69) is 0 Å². The second-order valence-electron chi connectivity index (χ2n) is 11.5. The number of anilines is 1. The normalized spacial score (nSPS) is 29.2. The molecular formula is C31H28ClFN2O9. The highest BCUT2D eigenvalue weighted by Crippen LogP contribution is 2.64. The third-order valence-corrected chi connectivity index (χ3v) is 9.92. The molecule has 11 nitrogen and oxygen atoms in total. The van der Waals surface area contributed by atoms with Gasteiger partial charge in [0.25, 0.3) is 0 Å². The van der Waals surface area contributed by atoms with E-state index in [4.69, 9.17) is 25.8 Å². The molecule has 0 bridgehead atoms. The van der Waals surface area contributed by atoms with Crippen molar-refractivity contribution < 1.29 is 47.7 Å². The lowest BCUT2D eigenvalue weighted by Crippen LogP contribution is -2.49. The maximum atomic E-state index is 14.5. The Kier molecular flexibility index (Phi) is 6.95. The number of hydrogen-bond acceptors (Lipinski definition) is 9. The van der Waals surface area contributed by atoms with Gasteiger partial charge in [0.2, 0.25) is 29.4 Å². The first-order valence-corrected chi connectivity index (χ1v) is 14.2. The minimum atomic E-state index is -1.44. The molecule has 0 spiro atoms. The number of ether oxygens (including phenoxy) is 3. The molecule has 2 heterocycles. The van der Waals surface area contributed by atoms with Crippen LogP contribution in [0.1, 0.15) is 31.2 Å². The smallest absolute Gasteiger partial charge is 0.423 e. The first kappa shape index (κ1) is 29.6. The van der Waals surface area contributed by atoms with E-state index in [-0.39, 0.29) is 40.8 Å². The van der Waals surface area contributed by atoms with Crippen molar-refractivity contribution in [2.24, 2.45) is 29.1 Å². The summed E-state index contributed by atoms with van der Waals surface area (Å²) in [7, 11) is 3.78. The van der Waals surface area contributed by atoms with Crippen LogP contribution >= 0.6 is 11.6 Å². The van der Waals surface area contributed by atoms with Crippen LogP contribution in [0.3, 0.4) is 0 Å². The van der Waals surface area contributed by atoms with E-state index in [1.54, 1.807) is 13.0 Å². The zero-order valence-electron chi connectivity index (χ0n) is 24.1. The monoisotopic (exact) mass is 626 g/mol. The van der Waals surface area contributed by atoms with Gasteiger partial charge in [-0.3, -0.25) is 19.2 Å². The number of benzene rings is 2. The van der Waals surface area contributed by atoms with Gasteiger partial charge in [-0.1, -0.05) is 23.3 Å². The van der Waals surface area contributed by atoms with Gasteiger partial charge < -0.3 is 19.3 Å². The first-order valence-electron chi connectivity index (χ1n) is 13.8. The van der Waals surface area contributed by atoms with Gasteiger partial charge in [0.15, 0.2) is 11.5 Å². The predicted octanol–water partition coefficient (Wildman–Crippen LogP) is 4.20. The number of allylic oxidation sites excluding steroid dienone is 2. The third-order valence-electron chi connectivity index (χ3n) is 9.63. The van der Waals surface area contributed by atoms with Crippen molar-refractivity contribution >= 4 is 47.0 Å². The van der Waals surface area contributed by atoms with Crippen molar-refractivity contribution in [2.75, 3.05) is 26.2 Å². The van der Waals surface area contributed by atoms with Crippen LogP contribution in [0.25, 0.3) is 0 Å². The number of amides is 5. The SMILES string of the molecule is COC(=O)N1C(=O)[C@H]2[C@H](CC=C3[C@H]2C[C@H]2C(=O)N(c4ccc(F)c(Cl)c4)C(=O)[C@@]2(C)[C@H]3c2cc(OC)c(O)c(OC)c2)C1=O. The lowest BCUT2D eigenvalue weighted by atomic mass is 9.51. The molecule has 0 unspecified atom stereocenters. The maximum Gasteiger partial charge on any atom is 0.423 e. The van der Waals surface area contributed by atoms with Gasteiger partial charge in [0.1, 0.15) is 5.82 Å². The summed E-state index contributed by atoms with van der Waals surface area (Å²) in [6, 6.07) is 6.63. The van der Waals surface area contributed by atoms with Crippen molar-refractivity contribution in [1.29, 1.82) is 0 Å². The summed E-state index contributed by atoms with van der Waals surface area (Å²) in [6.07, 6.45) is 0.839. The largest absolute Gasteiger partial charge is 0.502 e. The molecule has 2 saturated heterocycles. The van der Waals surface area contributed by atoms with Gasteiger partial charge in [-0.15, -0.1) is 0 Å². The number of phenolic OH excluding ortho intramolecular Hbond substituents is 1. The Bertz CT molecular complexity index is 1670. The van der Waals surface area contributed by atoms with Crippen molar-refractivity contribution in [3.63, 3.8) is 0 Å². The van der Waals surface area contributed by atoms with Crippen LogP contribution < -0.4 is 14.4 Å². The van der Waals surface area contributed by atoms with E-state index >= 15 is 0 Å². The Morgan fingerprint density at radius 2 is 1.66 bits per heavy atom. The molecule has 2 aliphatic heterocycles. The van der Waals surface area contributed by atoms with Crippen molar-refractivity contribution in [2.45, 2.75) is 25.7 Å². The number of methoxy groups -OCH3 is 3. The van der Waals surface area contributed by atoms with E-state index in [1.165, 1.54) is 38.5 Å². The zero-order valence-corrected chi connectivity index (χ0v) is 24.9. The van der Waals surface area contributed by atoms with Crippen molar-refractivity contribution in [1.82, 2.24) is 4.90 Å². The molecule has 6 rings (SSSR count). The molecule has 3 fully saturated rings. The number of aromatic hydroxyl groups is 1. The molecule has 4 aliphatic rings. The van der Waals surface area contributed by atoms with E-state index in [0.29, 0.717) is 16.0 Å². The number of carbonyl (C=O) groups excluding carboxylic acids is 5. The number of nitrogens with zero attached hydrogens (tertiary/aromatic N) is 2. The molecule has 1 N–H and O–H groups in total. The lowest BCUT2D eigenvalue weighted by Gasteiger charge is -2.49. The summed E-state index contributed by atoms with van der Waals surface area (Å²) in [5.74, 6) is -7.85. The molecule has 230 valence electrons. The average molecular weight is 627 g/mol. The summed E-state index contributed by atoms with van der Waals surface area (Å²) >= 11 is 6.03. The summed E-state index contributed by atoms with van der Waals surface area (Å²) in [5.41, 5.74) is -0.262. The average Bonchev–Trinajstić information content (AvgIpc) is 3.38. The van der Waals surface area contributed by atoms with Gasteiger partial charge in [-0.25, -0.2) is 14.1 Å². The predicted molar refractivity (Wildman–Crippen MR) is 151 cm³/mol. The molecular weight excluding hydrogens is 599 g/mol. The van der Waals surface area contributed by atoms with E-state index in [1.807, 2.05) is 0 Å². The number of halogens is 2. The zero-order chi connectivity index (χ0) is 31.8. The third kappa shape index (κ3) is 3.89. The number of carbonyl (C=O) groups is 5. The fourth-order valence-corrected chi connectivity index (χ4v) is 7.79. The molecule has 44 heavy (non-hydrogen) atoms. The molecule has 2 aromatic carbocycles. The first-order chi connectivity index (χ1) is 20.9. The van der Waals surface area contributed by atoms with Crippen LogP contribution in [0.15, 0.2) is 42.0 Å². The number of likely N-dealkylation sites (tertiary alicyclic amines) is 1. The number of rotatable bonds is 4. The van der Waals surface area contributed by atoms with E-state index < -0.39 is 70.5 Å². The van der Waals surface area contributed by atoms with Gasteiger partial charge >= 0.3 is 6.09 Å². The molecule has 6 atom stereocenters. The van der Waals surface area contributed by atoms with Gasteiger partial charge in [0, 0.05) is 5.92 Å². The summed E-state index contributed by atoms with van der Waals surface area (Å²) in [5, 5.41) is 10.4. The molecule has 2 aromatic rings. The summed E-state index contributed by atoms with van der Waals surface area (Å²) in [4.78, 5) is 69.5.